The Kier molecular flexibility index (Phi) is 2.91. The highest BCUT2D eigenvalue weighted by Gasteiger charge is 1.92. The summed E-state index contributed by atoms with van der Waals surface area (Å²) in [7, 11) is 3.76. The molecule has 0 saturated carbocycles. The second-order valence-corrected chi connectivity index (χ2v) is 3.98. The second-order valence-electron chi connectivity index (χ2n) is 2.23. The van der Waals surface area contributed by atoms with Crippen molar-refractivity contribution in [3.05, 3.63) is 21.3 Å². The molecule has 4 heteroatoms. The van der Waals surface area contributed by atoms with Crippen LogP contribution in [-0.2, 0) is 0 Å². The molecule has 0 bridgehead atoms. The molecular weight excluding hydrogens is 180 g/mol. The lowest BCUT2D eigenvalue weighted by atomic mass is 10.5. The van der Waals surface area contributed by atoms with Crippen LogP contribution in [0.4, 0.5) is 0 Å². The number of nitrogens with zero attached hydrogens (tertiary/aromatic N) is 2. The molecule has 1 aromatic rings. The maximum Gasteiger partial charge on any atom is 0.0935 e. The molecule has 0 spiro atoms. The minimum atomic E-state index is 0.796. The van der Waals surface area contributed by atoms with Gasteiger partial charge in [0, 0.05) is 19.0 Å². The molecule has 60 valence electrons. The molecule has 0 N–H and O–H groups in total. The first-order valence-electron chi connectivity index (χ1n) is 3.15. The summed E-state index contributed by atoms with van der Waals surface area (Å²) in [6.45, 7) is 0. The van der Waals surface area contributed by atoms with Crippen LogP contribution in [0.5, 0.6) is 0 Å². The van der Waals surface area contributed by atoms with Crippen molar-refractivity contribution in [3.8, 4) is 0 Å². The fraction of sp³-hybridized carbons (Fsp3) is 0.286. The van der Waals surface area contributed by atoms with Crippen molar-refractivity contribution >= 4 is 29.2 Å². The molecule has 1 heterocycles. The van der Waals surface area contributed by atoms with E-state index in [4.69, 9.17) is 11.6 Å². The van der Waals surface area contributed by atoms with Gasteiger partial charge < -0.3 is 5.01 Å². The lowest BCUT2D eigenvalue weighted by Gasteiger charge is -2.00. The summed E-state index contributed by atoms with van der Waals surface area (Å²) in [6.07, 6.45) is 1.79. The first kappa shape index (κ1) is 8.56. The zero-order chi connectivity index (χ0) is 8.27. The van der Waals surface area contributed by atoms with Crippen LogP contribution in [0.25, 0.3) is 0 Å². The Morgan fingerprint density at radius 3 is 2.73 bits per heavy atom. The molecule has 0 aliphatic heterocycles. The van der Waals surface area contributed by atoms with E-state index in [9.17, 15) is 0 Å². The Labute approximate surface area is 75.1 Å². The van der Waals surface area contributed by atoms with Crippen molar-refractivity contribution in [2.24, 2.45) is 5.10 Å². The average Bonchev–Trinajstić information content (AvgIpc) is 2.31. The van der Waals surface area contributed by atoms with Crippen LogP contribution in [-0.4, -0.2) is 25.3 Å². The maximum absolute atomic E-state index is 5.72. The zero-order valence-corrected chi connectivity index (χ0v) is 7.99. The minimum Gasteiger partial charge on any atom is -0.303 e. The number of rotatable bonds is 2. The summed E-state index contributed by atoms with van der Waals surface area (Å²) >= 11 is 7.24. The summed E-state index contributed by atoms with van der Waals surface area (Å²) in [6, 6.07) is 3.81. The Hall–Kier alpha value is -0.540. The van der Waals surface area contributed by atoms with Crippen LogP contribution in [0, 0.1) is 0 Å². The van der Waals surface area contributed by atoms with Gasteiger partial charge in [0.15, 0.2) is 0 Å². The quantitative estimate of drug-likeness (QED) is 0.514. The first-order valence-corrected chi connectivity index (χ1v) is 4.34. The zero-order valence-electron chi connectivity index (χ0n) is 6.41. The number of hydrogen-bond acceptors (Lipinski definition) is 3. The monoisotopic (exact) mass is 188 g/mol. The maximum atomic E-state index is 5.72. The topological polar surface area (TPSA) is 15.6 Å². The highest BCUT2D eigenvalue weighted by atomic mass is 35.5. The molecule has 11 heavy (non-hydrogen) atoms. The van der Waals surface area contributed by atoms with Crippen LogP contribution < -0.4 is 0 Å². The van der Waals surface area contributed by atoms with E-state index in [2.05, 4.69) is 5.10 Å². The average molecular weight is 189 g/mol. The Morgan fingerprint density at radius 1 is 1.55 bits per heavy atom. The van der Waals surface area contributed by atoms with Crippen LogP contribution in [0.3, 0.4) is 0 Å². The van der Waals surface area contributed by atoms with Gasteiger partial charge in [-0.25, -0.2) is 0 Å². The molecule has 2 nitrogen and oxygen atoms in total. The van der Waals surface area contributed by atoms with Crippen LogP contribution in [0.1, 0.15) is 4.88 Å². The Morgan fingerprint density at radius 2 is 2.27 bits per heavy atom. The van der Waals surface area contributed by atoms with Gasteiger partial charge in [-0.05, 0) is 12.1 Å². The summed E-state index contributed by atoms with van der Waals surface area (Å²) in [5.41, 5.74) is 0. The largest absolute Gasteiger partial charge is 0.303 e. The van der Waals surface area contributed by atoms with Crippen molar-refractivity contribution in [2.45, 2.75) is 0 Å². The van der Waals surface area contributed by atoms with Gasteiger partial charge in [-0.3, -0.25) is 0 Å². The predicted octanol–water partition coefficient (Wildman–Crippen LogP) is 2.30. The molecule has 1 aromatic heterocycles. The van der Waals surface area contributed by atoms with Crippen LogP contribution in [0.15, 0.2) is 17.2 Å². The third-order valence-electron chi connectivity index (χ3n) is 1.01. The molecule has 0 aliphatic carbocycles. The highest BCUT2D eigenvalue weighted by Crippen LogP contribution is 2.19. The molecule has 0 aliphatic rings. The van der Waals surface area contributed by atoms with E-state index in [1.807, 2.05) is 26.2 Å². The fourth-order valence-corrected chi connectivity index (χ4v) is 1.50. The Bertz CT molecular complexity index is 255. The number of hydrazone groups is 1. The van der Waals surface area contributed by atoms with E-state index < -0.39 is 0 Å². The minimum absolute atomic E-state index is 0.796. The van der Waals surface area contributed by atoms with E-state index in [0.29, 0.717) is 0 Å². The fourth-order valence-electron chi connectivity index (χ4n) is 0.570. The second kappa shape index (κ2) is 3.74. The third-order valence-corrected chi connectivity index (χ3v) is 2.18. The van der Waals surface area contributed by atoms with Crippen molar-refractivity contribution in [3.63, 3.8) is 0 Å². The molecule has 0 unspecified atom stereocenters. The molecular formula is C7H9ClN2S. The van der Waals surface area contributed by atoms with E-state index >= 15 is 0 Å². The van der Waals surface area contributed by atoms with Gasteiger partial charge in [0.1, 0.15) is 0 Å². The SMILES string of the molecule is CN(C)/N=C/c1ccc(Cl)s1. The molecule has 1 rings (SSSR count). The van der Waals surface area contributed by atoms with Gasteiger partial charge in [-0.15, -0.1) is 11.3 Å². The van der Waals surface area contributed by atoms with Crippen LogP contribution in [0.2, 0.25) is 4.34 Å². The molecule has 0 amide bonds. The third kappa shape index (κ3) is 2.91. The number of halogens is 1. The van der Waals surface area contributed by atoms with E-state index in [1.54, 1.807) is 11.2 Å². The number of thiophene rings is 1. The Balaban J connectivity index is 2.64. The lowest BCUT2D eigenvalue weighted by Crippen LogP contribution is -2.01. The van der Waals surface area contributed by atoms with Crippen molar-refractivity contribution in [2.75, 3.05) is 14.1 Å². The molecule has 0 saturated heterocycles. The standard InChI is InChI=1S/C7H9ClN2S/c1-10(2)9-5-6-3-4-7(8)11-6/h3-5H,1-2H3/b9-5+. The highest BCUT2D eigenvalue weighted by molar-refractivity contribution is 7.17. The van der Waals surface area contributed by atoms with Gasteiger partial charge >= 0.3 is 0 Å². The van der Waals surface area contributed by atoms with Crippen molar-refractivity contribution < 1.29 is 0 Å². The summed E-state index contributed by atoms with van der Waals surface area (Å²) in [5.74, 6) is 0. The van der Waals surface area contributed by atoms with Gasteiger partial charge in [0.2, 0.25) is 0 Å². The molecule has 0 radical (unpaired) electrons. The number of hydrogen-bond donors (Lipinski definition) is 0. The van der Waals surface area contributed by atoms with E-state index in [0.717, 1.165) is 9.21 Å². The molecule has 0 fully saturated rings. The van der Waals surface area contributed by atoms with Gasteiger partial charge in [0.05, 0.1) is 10.6 Å². The lowest BCUT2D eigenvalue weighted by molar-refractivity contribution is 0.440. The van der Waals surface area contributed by atoms with Gasteiger partial charge in [-0.1, -0.05) is 11.6 Å². The van der Waals surface area contributed by atoms with Crippen molar-refractivity contribution in [1.82, 2.24) is 5.01 Å². The van der Waals surface area contributed by atoms with Crippen molar-refractivity contribution in [1.29, 1.82) is 0 Å². The summed E-state index contributed by atoms with van der Waals surface area (Å²) in [5, 5.41) is 5.81. The normalized spacial score (nSPS) is 10.8. The predicted molar refractivity (Wildman–Crippen MR) is 50.6 cm³/mol. The smallest absolute Gasteiger partial charge is 0.0935 e. The summed E-state index contributed by atoms with van der Waals surface area (Å²) < 4.78 is 0.796. The van der Waals surface area contributed by atoms with Gasteiger partial charge in [-0.2, -0.15) is 5.10 Å². The molecule has 0 aromatic carbocycles. The van der Waals surface area contributed by atoms with Crippen LogP contribution >= 0.6 is 22.9 Å². The van der Waals surface area contributed by atoms with E-state index in [1.165, 1.54) is 11.3 Å². The van der Waals surface area contributed by atoms with Gasteiger partial charge in [0.25, 0.3) is 0 Å². The first-order chi connectivity index (χ1) is 5.18. The summed E-state index contributed by atoms with van der Waals surface area (Å²) in [4.78, 5) is 1.07. The van der Waals surface area contributed by atoms with E-state index in [-0.39, 0.29) is 0 Å². The molecule has 0 atom stereocenters.